The predicted octanol–water partition coefficient (Wildman–Crippen LogP) is 3.33. The van der Waals surface area contributed by atoms with Crippen molar-refractivity contribution in [1.29, 1.82) is 0 Å². The van der Waals surface area contributed by atoms with Gasteiger partial charge in [-0.3, -0.25) is 9.48 Å². The van der Waals surface area contributed by atoms with Crippen LogP contribution in [0.4, 0.5) is 13.2 Å². The zero-order valence-electron chi connectivity index (χ0n) is 16.0. The predicted molar refractivity (Wildman–Crippen MR) is 99.0 cm³/mol. The maximum atomic E-state index is 12.8. The van der Waals surface area contributed by atoms with Crippen molar-refractivity contribution >= 4 is 23.2 Å². The highest BCUT2D eigenvalue weighted by Gasteiger charge is 2.35. The number of thiazole rings is 1. The molecule has 0 spiro atoms. The van der Waals surface area contributed by atoms with Crippen LogP contribution in [0.5, 0.6) is 0 Å². The number of carboxylic acid groups (broad SMARTS) is 1. The first-order valence-electron chi connectivity index (χ1n) is 9.22. The van der Waals surface area contributed by atoms with Crippen molar-refractivity contribution in [2.45, 2.75) is 51.7 Å². The van der Waals surface area contributed by atoms with Gasteiger partial charge in [-0.1, -0.05) is 6.92 Å². The van der Waals surface area contributed by atoms with Gasteiger partial charge >= 0.3 is 12.1 Å². The van der Waals surface area contributed by atoms with Gasteiger partial charge in [0, 0.05) is 29.6 Å². The molecule has 2 aromatic rings. The number of carbonyl (C=O) groups is 2. The summed E-state index contributed by atoms with van der Waals surface area (Å²) < 4.78 is 39.4. The molecule has 1 saturated heterocycles. The third-order valence-corrected chi connectivity index (χ3v) is 6.35. The number of hydrogen-bond acceptors (Lipinski definition) is 5. The normalized spacial score (nSPS) is 15.7. The Kier molecular flexibility index (Phi) is 5.97. The number of halogens is 3. The van der Waals surface area contributed by atoms with E-state index in [-0.39, 0.29) is 29.8 Å². The quantitative estimate of drug-likeness (QED) is 0.786. The zero-order valence-corrected chi connectivity index (χ0v) is 16.8. The fraction of sp³-hybridized carbons (Fsp3) is 0.556. The fourth-order valence-corrected chi connectivity index (χ4v) is 4.53. The molecule has 0 atom stereocenters. The van der Waals surface area contributed by atoms with Crippen LogP contribution in [0, 0.1) is 6.92 Å². The van der Waals surface area contributed by atoms with Crippen molar-refractivity contribution in [2.24, 2.45) is 0 Å². The summed E-state index contributed by atoms with van der Waals surface area (Å²) in [4.78, 5) is 30.4. The van der Waals surface area contributed by atoms with Crippen LogP contribution in [0.3, 0.4) is 0 Å². The SMILES string of the molecule is CCc1sc(C2CCN(C(=O)Cn3nc(C(F)(F)F)cc3C)CC2)nc1C(=O)O. The molecule has 3 rings (SSSR count). The smallest absolute Gasteiger partial charge is 0.435 e. The summed E-state index contributed by atoms with van der Waals surface area (Å²) in [6, 6.07) is 0.924. The molecule has 1 aliphatic heterocycles. The van der Waals surface area contributed by atoms with E-state index < -0.39 is 17.8 Å². The van der Waals surface area contributed by atoms with Gasteiger partial charge in [-0.25, -0.2) is 9.78 Å². The van der Waals surface area contributed by atoms with Crippen molar-refractivity contribution in [1.82, 2.24) is 19.7 Å². The van der Waals surface area contributed by atoms with E-state index >= 15 is 0 Å². The van der Waals surface area contributed by atoms with Crippen molar-refractivity contribution in [3.05, 3.63) is 33.0 Å². The van der Waals surface area contributed by atoms with E-state index in [2.05, 4.69) is 10.1 Å². The average molecular weight is 430 g/mol. The Morgan fingerprint density at radius 2 is 1.97 bits per heavy atom. The van der Waals surface area contributed by atoms with E-state index in [0.29, 0.717) is 32.4 Å². The van der Waals surface area contributed by atoms with E-state index in [1.807, 2.05) is 6.92 Å². The van der Waals surface area contributed by atoms with Crippen LogP contribution in [-0.2, 0) is 23.9 Å². The molecule has 2 aromatic heterocycles. The summed E-state index contributed by atoms with van der Waals surface area (Å²) in [6.45, 7) is 4.01. The molecule has 3 heterocycles. The number of likely N-dealkylation sites (tertiary alicyclic amines) is 1. The number of aromatic nitrogens is 3. The van der Waals surface area contributed by atoms with Crippen LogP contribution in [-0.4, -0.2) is 49.7 Å². The molecule has 1 amide bonds. The Hall–Kier alpha value is -2.43. The topological polar surface area (TPSA) is 88.3 Å². The van der Waals surface area contributed by atoms with Gasteiger partial charge in [0.15, 0.2) is 11.4 Å². The van der Waals surface area contributed by atoms with Crippen LogP contribution in [0.25, 0.3) is 0 Å². The Bertz CT molecular complexity index is 914. The molecule has 29 heavy (non-hydrogen) atoms. The first kappa shape index (κ1) is 21.3. The monoisotopic (exact) mass is 430 g/mol. The number of alkyl halides is 3. The Balaban J connectivity index is 1.62. The molecule has 1 fully saturated rings. The molecule has 0 bridgehead atoms. The van der Waals surface area contributed by atoms with Gasteiger partial charge in [-0.05, 0) is 32.3 Å². The molecular weight excluding hydrogens is 409 g/mol. The second-order valence-corrected chi connectivity index (χ2v) is 8.08. The van der Waals surface area contributed by atoms with Gasteiger partial charge in [-0.2, -0.15) is 18.3 Å². The summed E-state index contributed by atoms with van der Waals surface area (Å²) in [6.07, 6.45) is -2.68. The zero-order chi connectivity index (χ0) is 21.3. The summed E-state index contributed by atoms with van der Waals surface area (Å²) in [5.41, 5.74) is -0.636. The third kappa shape index (κ3) is 4.60. The summed E-state index contributed by atoms with van der Waals surface area (Å²) >= 11 is 1.40. The van der Waals surface area contributed by atoms with Crippen LogP contribution in [0.15, 0.2) is 6.07 Å². The number of piperidine rings is 1. The molecule has 0 radical (unpaired) electrons. The van der Waals surface area contributed by atoms with E-state index in [9.17, 15) is 27.9 Å². The minimum atomic E-state index is -4.54. The van der Waals surface area contributed by atoms with Crippen LogP contribution < -0.4 is 0 Å². The number of rotatable bonds is 5. The molecule has 11 heteroatoms. The van der Waals surface area contributed by atoms with Crippen molar-refractivity contribution in [3.63, 3.8) is 0 Å². The molecule has 0 unspecified atom stereocenters. The van der Waals surface area contributed by atoms with Crippen molar-refractivity contribution < 1.29 is 27.9 Å². The molecule has 7 nitrogen and oxygen atoms in total. The number of amides is 1. The lowest BCUT2D eigenvalue weighted by atomic mass is 9.97. The Morgan fingerprint density at radius 3 is 2.45 bits per heavy atom. The largest absolute Gasteiger partial charge is 0.476 e. The third-order valence-electron chi connectivity index (χ3n) is 4.99. The average Bonchev–Trinajstić information content (AvgIpc) is 3.26. The fourth-order valence-electron chi connectivity index (χ4n) is 3.36. The first-order valence-corrected chi connectivity index (χ1v) is 10.0. The highest BCUT2D eigenvalue weighted by Crippen LogP contribution is 2.33. The number of carboxylic acids is 1. The molecule has 0 aliphatic carbocycles. The number of nitrogens with zero attached hydrogens (tertiary/aromatic N) is 4. The molecular formula is C18H21F3N4O3S. The van der Waals surface area contributed by atoms with E-state index in [0.717, 1.165) is 20.6 Å². The molecule has 1 N–H and O–H groups in total. The highest BCUT2D eigenvalue weighted by molar-refractivity contribution is 7.12. The van der Waals surface area contributed by atoms with E-state index in [1.54, 1.807) is 4.90 Å². The van der Waals surface area contributed by atoms with Gasteiger partial charge in [0.05, 0.1) is 5.01 Å². The first-order chi connectivity index (χ1) is 13.6. The Morgan fingerprint density at radius 1 is 1.31 bits per heavy atom. The van der Waals surface area contributed by atoms with Crippen LogP contribution >= 0.6 is 11.3 Å². The second-order valence-electron chi connectivity index (χ2n) is 6.96. The van der Waals surface area contributed by atoms with Crippen LogP contribution in [0.2, 0.25) is 0 Å². The lowest BCUT2D eigenvalue weighted by molar-refractivity contribution is -0.142. The van der Waals surface area contributed by atoms with Crippen molar-refractivity contribution in [2.75, 3.05) is 13.1 Å². The highest BCUT2D eigenvalue weighted by atomic mass is 32.1. The molecule has 0 saturated carbocycles. The standard InChI is InChI=1S/C18H21F3N4O3S/c1-3-12-15(17(27)28)22-16(29-12)11-4-6-24(7-5-11)14(26)9-25-10(2)8-13(23-25)18(19,20)21/h8,11H,3-7,9H2,1-2H3,(H,27,28). The van der Waals surface area contributed by atoms with Gasteiger partial charge in [0.1, 0.15) is 6.54 Å². The van der Waals surface area contributed by atoms with Gasteiger partial charge in [-0.15, -0.1) is 11.3 Å². The molecule has 158 valence electrons. The van der Waals surface area contributed by atoms with Gasteiger partial charge in [0.2, 0.25) is 5.91 Å². The number of carbonyl (C=O) groups excluding carboxylic acids is 1. The lowest BCUT2D eigenvalue weighted by Crippen LogP contribution is -2.40. The second kappa shape index (κ2) is 8.13. The molecule has 1 aliphatic rings. The maximum absolute atomic E-state index is 12.8. The minimum Gasteiger partial charge on any atom is -0.476 e. The van der Waals surface area contributed by atoms with E-state index in [1.165, 1.54) is 18.3 Å². The van der Waals surface area contributed by atoms with E-state index in [4.69, 9.17) is 0 Å². The summed E-state index contributed by atoms with van der Waals surface area (Å²) in [5.74, 6) is -1.25. The maximum Gasteiger partial charge on any atom is 0.435 e. The molecule has 0 aromatic carbocycles. The van der Waals surface area contributed by atoms with Crippen molar-refractivity contribution in [3.8, 4) is 0 Å². The van der Waals surface area contributed by atoms with Crippen LogP contribution in [0.1, 0.15) is 57.4 Å². The number of aromatic carboxylic acids is 1. The summed E-state index contributed by atoms with van der Waals surface area (Å²) in [7, 11) is 0. The van der Waals surface area contributed by atoms with Gasteiger partial charge in [0.25, 0.3) is 0 Å². The minimum absolute atomic E-state index is 0.0747. The number of aryl methyl sites for hydroxylation is 2. The number of hydrogen-bond donors (Lipinski definition) is 1. The van der Waals surface area contributed by atoms with Gasteiger partial charge < -0.3 is 10.0 Å². The lowest BCUT2D eigenvalue weighted by Gasteiger charge is -2.31. The summed E-state index contributed by atoms with van der Waals surface area (Å²) in [5, 5.41) is 13.5. The Labute approximate surface area is 169 Å².